The van der Waals surface area contributed by atoms with Gasteiger partial charge >= 0.3 is 0 Å². The lowest BCUT2D eigenvalue weighted by Crippen LogP contribution is -2.23. The first-order valence-corrected chi connectivity index (χ1v) is 5.95. The predicted molar refractivity (Wildman–Crippen MR) is 68.1 cm³/mol. The molecule has 1 unspecified atom stereocenters. The fourth-order valence-corrected chi connectivity index (χ4v) is 1.91. The summed E-state index contributed by atoms with van der Waals surface area (Å²) in [5.41, 5.74) is 2.16. The maximum absolute atomic E-state index is 6.15. The maximum Gasteiger partial charge on any atom is 0.145 e. The molecule has 0 saturated heterocycles. The summed E-state index contributed by atoms with van der Waals surface area (Å²) < 4.78 is 0. The summed E-state index contributed by atoms with van der Waals surface area (Å²) in [7, 11) is 0. The Kier molecular flexibility index (Phi) is 3.76. The van der Waals surface area contributed by atoms with E-state index in [0.29, 0.717) is 0 Å². The average molecular weight is 251 g/mol. The van der Waals surface area contributed by atoms with Crippen molar-refractivity contribution in [2.75, 3.05) is 6.54 Å². The van der Waals surface area contributed by atoms with Gasteiger partial charge in [-0.2, -0.15) is 5.10 Å². The summed E-state index contributed by atoms with van der Waals surface area (Å²) in [6, 6.07) is 6.03. The molecule has 2 aromatic rings. The van der Waals surface area contributed by atoms with Gasteiger partial charge in [0.2, 0.25) is 0 Å². The smallest absolute Gasteiger partial charge is 0.145 e. The summed E-state index contributed by atoms with van der Waals surface area (Å²) >= 11 is 6.15. The lowest BCUT2D eigenvalue weighted by atomic mass is 10.0. The number of H-pyrrole nitrogens is 1. The number of aromatic nitrogens is 3. The number of hydrogen-bond donors (Lipinski definition) is 2. The molecule has 0 saturated carbocycles. The summed E-state index contributed by atoms with van der Waals surface area (Å²) in [5.74, 6) is 0.798. The second kappa shape index (κ2) is 5.29. The first-order valence-electron chi connectivity index (χ1n) is 5.57. The molecule has 0 aliphatic carbocycles. The van der Waals surface area contributed by atoms with Crippen molar-refractivity contribution in [1.29, 1.82) is 0 Å². The molecule has 1 aromatic carbocycles. The Morgan fingerprint density at radius 3 is 2.88 bits per heavy atom. The Labute approximate surface area is 105 Å². The van der Waals surface area contributed by atoms with Gasteiger partial charge < -0.3 is 5.32 Å². The fraction of sp³-hybridized carbons (Fsp3) is 0.333. The fourth-order valence-electron chi connectivity index (χ4n) is 1.72. The number of aryl methyl sites for hydroxylation is 1. The highest BCUT2D eigenvalue weighted by Gasteiger charge is 2.16. The summed E-state index contributed by atoms with van der Waals surface area (Å²) in [4.78, 5) is 4.19. The highest BCUT2D eigenvalue weighted by Crippen LogP contribution is 2.24. The molecule has 0 spiro atoms. The molecule has 4 nitrogen and oxygen atoms in total. The number of halogens is 1. The molecule has 1 aromatic heterocycles. The molecule has 0 radical (unpaired) electrons. The highest BCUT2D eigenvalue weighted by molar-refractivity contribution is 6.31. The monoisotopic (exact) mass is 250 g/mol. The number of rotatable bonds is 4. The van der Waals surface area contributed by atoms with Gasteiger partial charge in [0.15, 0.2) is 0 Å². The molecule has 1 atom stereocenters. The molecule has 0 aliphatic rings. The average Bonchev–Trinajstić information content (AvgIpc) is 2.83. The zero-order chi connectivity index (χ0) is 12.3. The van der Waals surface area contributed by atoms with Gasteiger partial charge in [-0.15, -0.1) is 0 Å². The van der Waals surface area contributed by atoms with Crippen molar-refractivity contribution < 1.29 is 0 Å². The van der Waals surface area contributed by atoms with Gasteiger partial charge in [0.1, 0.15) is 12.2 Å². The third-order valence-corrected chi connectivity index (χ3v) is 3.05. The van der Waals surface area contributed by atoms with Crippen LogP contribution in [0.3, 0.4) is 0 Å². The van der Waals surface area contributed by atoms with Gasteiger partial charge in [0.25, 0.3) is 0 Å². The van der Waals surface area contributed by atoms with Crippen LogP contribution in [0.5, 0.6) is 0 Å². The minimum absolute atomic E-state index is 0.000556. The van der Waals surface area contributed by atoms with Crippen LogP contribution in [0.15, 0.2) is 24.5 Å². The van der Waals surface area contributed by atoms with Gasteiger partial charge in [0.05, 0.1) is 6.04 Å². The van der Waals surface area contributed by atoms with Crippen LogP contribution in [0.4, 0.5) is 0 Å². The second-order valence-electron chi connectivity index (χ2n) is 3.87. The van der Waals surface area contributed by atoms with Crippen LogP contribution >= 0.6 is 11.6 Å². The predicted octanol–water partition coefficient (Wildman–Crippen LogP) is 2.47. The van der Waals surface area contributed by atoms with E-state index < -0.39 is 0 Å². The largest absolute Gasteiger partial charge is 0.304 e. The lowest BCUT2D eigenvalue weighted by Gasteiger charge is -2.16. The standard InChI is InChI=1S/C12H15ClN4/c1-3-14-11(12-15-7-16-17-12)9-5-4-8(2)10(13)6-9/h4-7,11,14H,3H2,1-2H3,(H,15,16,17). The molecule has 0 aliphatic heterocycles. The Hall–Kier alpha value is -1.39. The first kappa shape index (κ1) is 12.1. The van der Waals surface area contributed by atoms with Crippen molar-refractivity contribution in [3.8, 4) is 0 Å². The van der Waals surface area contributed by atoms with Crippen LogP contribution in [0.25, 0.3) is 0 Å². The molecule has 90 valence electrons. The van der Waals surface area contributed by atoms with Crippen LogP contribution in [0.2, 0.25) is 5.02 Å². The van der Waals surface area contributed by atoms with E-state index in [0.717, 1.165) is 28.5 Å². The van der Waals surface area contributed by atoms with E-state index in [9.17, 15) is 0 Å². The first-order chi connectivity index (χ1) is 8.22. The second-order valence-corrected chi connectivity index (χ2v) is 4.28. The van der Waals surface area contributed by atoms with E-state index in [2.05, 4.69) is 33.5 Å². The molecule has 0 fully saturated rings. The maximum atomic E-state index is 6.15. The van der Waals surface area contributed by atoms with E-state index in [4.69, 9.17) is 11.6 Å². The topological polar surface area (TPSA) is 53.6 Å². The SMILES string of the molecule is CCNC(c1ccc(C)c(Cl)c1)c1ncn[nH]1. The molecule has 0 bridgehead atoms. The van der Waals surface area contributed by atoms with E-state index in [1.54, 1.807) is 0 Å². The van der Waals surface area contributed by atoms with Gasteiger partial charge in [-0.25, -0.2) is 4.98 Å². The Morgan fingerprint density at radius 1 is 1.47 bits per heavy atom. The number of benzene rings is 1. The number of aromatic amines is 1. The normalized spacial score (nSPS) is 12.6. The van der Waals surface area contributed by atoms with Crippen molar-refractivity contribution in [3.05, 3.63) is 46.5 Å². The van der Waals surface area contributed by atoms with Crippen molar-refractivity contribution in [2.24, 2.45) is 0 Å². The van der Waals surface area contributed by atoms with Crippen LogP contribution in [0, 0.1) is 6.92 Å². The van der Waals surface area contributed by atoms with E-state index in [1.165, 1.54) is 6.33 Å². The van der Waals surface area contributed by atoms with Crippen molar-refractivity contribution in [2.45, 2.75) is 19.9 Å². The zero-order valence-corrected chi connectivity index (χ0v) is 10.6. The van der Waals surface area contributed by atoms with Crippen LogP contribution in [-0.2, 0) is 0 Å². The van der Waals surface area contributed by atoms with E-state index in [-0.39, 0.29) is 6.04 Å². The zero-order valence-electron chi connectivity index (χ0n) is 9.87. The highest BCUT2D eigenvalue weighted by atomic mass is 35.5. The van der Waals surface area contributed by atoms with Crippen LogP contribution in [0.1, 0.15) is 29.9 Å². The van der Waals surface area contributed by atoms with Gasteiger partial charge in [-0.3, -0.25) is 5.10 Å². The summed E-state index contributed by atoms with van der Waals surface area (Å²) in [6.45, 7) is 4.89. The Morgan fingerprint density at radius 2 is 2.29 bits per heavy atom. The van der Waals surface area contributed by atoms with Crippen molar-refractivity contribution in [3.63, 3.8) is 0 Å². The van der Waals surface area contributed by atoms with Crippen molar-refractivity contribution >= 4 is 11.6 Å². The molecule has 0 amide bonds. The number of nitrogens with zero attached hydrogens (tertiary/aromatic N) is 2. The van der Waals surface area contributed by atoms with Gasteiger partial charge in [0, 0.05) is 5.02 Å². The Balaban J connectivity index is 2.35. The van der Waals surface area contributed by atoms with Crippen molar-refractivity contribution in [1.82, 2.24) is 20.5 Å². The third kappa shape index (κ3) is 2.65. The number of hydrogen-bond acceptors (Lipinski definition) is 3. The molecule has 2 rings (SSSR count). The van der Waals surface area contributed by atoms with Crippen LogP contribution < -0.4 is 5.32 Å². The molecule has 17 heavy (non-hydrogen) atoms. The third-order valence-electron chi connectivity index (χ3n) is 2.64. The molecule has 1 heterocycles. The van der Waals surface area contributed by atoms with Crippen LogP contribution in [-0.4, -0.2) is 21.7 Å². The molecule has 2 N–H and O–H groups in total. The quantitative estimate of drug-likeness (QED) is 0.877. The lowest BCUT2D eigenvalue weighted by molar-refractivity contribution is 0.600. The van der Waals surface area contributed by atoms with E-state index >= 15 is 0 Å². The minimum atomic E-state index is 0.000556. The Bertz CT molecular complexity index is 481. The van der Waals surface area contributed by atoms with Gasteiger partial charge in [-0.05, 0) is 30.7 Å². The molecular weight excluding hydrogens is 236 g/mol. The van der Waals surface area contributed by atoms with Gasteiger partial charge in [-0.1, -0.05) is 30.7 Å². The van der Waals surface area contributed by atoms with E-state index in [1.807, 2.05) is 19.1 Å². The summed E-state index contributed by atoms with van der Waals surface area (Å²) in [6.07, 6.45) is 1.51. The molecule has 5 heteroatoms. The summed E-state index contributed by atoms with van der Waals surface area (Å²) in [5, 5.41) is 10.9. The minimum Gasteiger partial charge on any atom is -0.304 e. The molecular formula is C12H15ClN4. The number of nitrogens with one attached hydrogen (secondary N) is 2.